The first-order valence-corrected chi connectivity index (χ1v) is 7.62. The standard InChI is InChI=1S/C17H14F2N4O4/c1-25-22-10-4-2-3-9(7-10)17-21-13(27-23-17)8-26-12-6-5-11(18)14(15(12)19)16(20)24/h2-7,22H,8H2,1H3,(H2,20,24). The van der Waals surface area contributed by atoms with Crippen molar-refractivity contribution in [2.75, 3.05) is 12.6 Å². The molecule has 0 fully saturated rings. The Balaban J connectivity index is 1.75. The molecule has 0 spiro atoms. The summed E-state index contributed by atoms with van der Waals surface area (Å²) in [5.74, 6) is -3.53. The Hall–Kier alpha value is -3.53. The van der Waals surface area contributed by atoms with Crippen LogP contribution in [0.15, 0.2) is 40.9 Å². The molecule has 0 aliphatic heterocycles. The van der Waals surface area contributed by atoms with Gasteiger partial charge in [-0.05, 0) is 24.3 Å². The van der Waals surface area contributed by atoms with Gasteiger partial charge < -0.3 is 15.0 Å². The monoisotopic (exact) mass is 376 g/mol. The first kappa shape index (κ1) is 18.3. The summed E-state index contributed by atoms with van der Waals surface area (Å²) in [6.07, 6.45) is 0. The molecule has 0 saturated heterocycles. The van der Waals surface area contributed by atoms with Crippen LogP contribution in [0.1, 0.15) is 16.2 Å². The van der Waals surface area contributed by atoms with E-state index < -0.39 is 23.1 Å². The van der Waals surface area contributed by atoms with Crippen molar-refractivity contribution in [1.29, 1.82) is 0 Å². The summed E-state index contributed by atoms with van der Waals surface area (Å²) in [6, 6.07) is 8.96. The van der Waals surface area contributed by atoms with Crippen LogP contribution in [-0.2, 0) is 11.4 Å². The summed E-state index contributed by atoms with van der Waals surface area (Å²) in [4.78, 5) is 20.1. The third-order valence-corrected chi connectivity index (χ3v) is 3.46. The smallest absolute Gasteiger partial charge is 0.264 e. The molecule has 1 amide bonds. The highest BCUT2D eigenvalue weighted by molar-refractivity contribution is 5.93. The van der Waals surface area contributed by atoms with Crippen molar-refractivity contribution in [2.45, 2.75) is 6.61 Å². The fraction of sp³-hybridized carbons (Fsp3) is 0.118. The molecule has 0 aliphatic carbocycles. The van der Waals surface area contributed by atoms with Gasteiger partial charge in [0.2, 0.25) is 5.82 Å². The van der Waals surface area contributed by atoms with Crippen LogP contribution in [-0.4, -0.2) is 23.2 Å². The van der Waals surface area contributed by atoms with Gasteiger partial charge in [-0.25, -0.2) is 8.78 Å². The Morgan fingerprint density at radius 3 is 2.85 bits per heavy atom. The summed E-state index contributed by atoms with van der Waals surface area (Å²) in [5.41, 5.74) is 8.10. The van der Waals surface area contributed by atoms with Crippen LogP contribution >= 0.6 is 0 Å². The lowest BCUT2D eigenvalue weighted by molar-refractivity contribution is 0.0991. The zero-order chi connectivity index (χ0) is 19.4. The van der Waals surface area contributed by atoms with Crippen LogP contribution in [0.25, 0.3) is 11.4 Å². The van der Waals surface area contributed by atoms with E-state index in [9.17, 15) is 13.6 Å². The number of primary amides is 1. The molecule has 1 heterocycles. The van der Waals surface area contributed by atoms with E-state index in [0.29, 0.717) is 11.3 Å². The number of nitrogens with one attached hydrogen (secondary N) is 1. The molecule has 0 atom stereocenters. The number of ether oxygens (including phenoxy) is 1. The third kappa shape index (κ3) is 4.01. The quantitative estimate of drug-likeness (QED) is 0.610. The van der Waals surface area contributed by atoms with Gasteiger partial charge in [-0.2, -0.15) is 4.98 Å². The molecule has 1 aromatic heterocycles. The minimum Gasteiger partial charge on any atom is -0.481 e. The predicted molar refractivity (Wildman–Crippen MR) is 89.6 cm³/mol. The second-order valence-electron chi connectivity index (χ2n) is 5.29. The number of carbonyl (C=O) groups excluding carboxylic acids is 1. The molecule has 10 heteroatoms. The highest BCUT2D eigenvalue weighted by Crippen LogP contribution is 2.24. The summed E-state index contributed by atoms with van der Waals surface area (Å²) < 4.78 is 37.9. The van der Waals surface area contributed by atoms with Gasteiger partial charge in [-0.3, -0.25) is 15.1 Å². The van der Waals surface area contributed by atoms with Crippen LogP contribution in [0.2, 0.25) is 0 Å². The fourth-order valence-electron chi connectivity index (χ4n) is 2.28. The maximum Gasteiger partial charge on any atom is 0.264 e. The van der Waals surface area contributed by atoms with Crippen molar-refractivity contribution >= 4 is 11.6 Å². The number of rotatable bonds is 7. The van der Waals surface area contributed by atoms with Crippen LogP contribution in [0, 0.1) is 11.6 Å². The zero-order valence-electron chi connectivity index (χ0n) is 14.0. The molecular weight excluding hydrogens is 362 g/mol. The summed E-state index contributed by atoms with van der Waals surface area (Å²) >= 11 is 0. The molecule has 140 valence electrons. The van der Waals surface area contributed by atoms with E-state index in [1.54, 1.807) is 24.3 Å². The van der Waals surface area contributed by atoms with Crippen molar-refractivity contribution in [3.63, 3.8) is 0 Å². The van der Waals surface area contributed by atoms with Crippen LogP contribution < -0.4 is 16.0 Å². The van der Waals surface area contributed by atoms with Crippen molar-refractivity contribution in [3.05, 3.63) is 59.5 Å². The van der Waals surface area contributed by atoms with Crippen LogP contribution in [0.3, 0.4) is 0 Å². The fourth-order valence-corrected chi connectivity index (χ4v) is 2.28. The lowest BCUT2D eigenvalue weighted by Crippen LogP contribution is -2.16. The number of nitrogens with zero attached hydrogens (tertiary/aromatic N) is 2. The Morgan fingerprint density at radius 1 is 1.30 bits per heavy atom. The highest BCUT2D eigenvalue weighted by Gasteiger charge is 2.20. The molecule has 8 nitrogen and oxygen atoms in total. The molecule has 27 heavy (non-hydrogen) atoms. The third-order valence-electron chi connectivity index (χ3n) is 3.46. The number of amides is 1. The number of halogens is 2. The molecule has 2 aromatic carbocycles. The van der Waals surface area contributed by atoms with Crippen molar-refractivity contribution in [1.82, 2.24) is 10.1 Å². The Labute approximate surface area is 151 Å². The molecule has 0 bridgehead atoms. The van der Waals surface area contributed by atoms with E-state index in [4.69, 9.17) is 19.8 Å². The van der Waals surface area contributed by atoms with Gasteiger partial charge >= 0.3 is 0 Å². The Bertz CT molecular complexity index is 977. The summed E-state index contributed by atoms with van der Waals surface area (Å²) in [7, 11) is 1.48. The molecule has 3 aromatic rings. The second-order valence-corrected chi connectivity index (χ2v) is 5.29. The maximum atomic E-state index is 14.1. The van der Waals surface area contributed by atoms with Crippen molar-refractivity contribution in [2.24, 2.45) is 5.73 Å². The minimum atomic E-state index is -1.24. The molecule has 0 saturated carbocycles. The van der Waals surface area contributed by atoms with Crippen molar-refractivity contribution < 1.29 is 27.7 Å². The molecular formula is C17H14F2N4O4. The molecule has 0 radical (unpaired) electrons. The number of benzene rings is 2. The van der Waals surface area contributed by atoms with Gasteiger partial charge in [0.05, 0.1) is 12.8 Å². The van der Waals surface area contributed by atoms with E-state index >= 15 is 0 Å². The highest BCUT2D eigenvalue weighted by atomic mass is 19.1. The van der Waals surface area contributed by atoms with E-state index in [1.807, 2.05) is 0 Å². The Kier molecular flexibility index (Phi) is 5.27. The van der Waals surface area contributed by atoms with Gasteiger partial charge in [0.1, 0.15) is 11.4 Å². The molecule has 0 aliphatic rings. The lowest BCUT2D eigenvalue weighted by Gasteiger charge is -2.07. The van der Waals surface area contributed by atoms with Gasteiger partial charge in [0.25, 0.3) is 11.8 Å². The van der Waals surface area contributed by atoms with E-state index in [1.165, 1.54) is 7.11 Å². The first-order chi connectivity index (χ1) is 13.0. The van der Waals surface area contributed by atoms with Gasteiger partial charge in [0.15, 0.2) is 18.2 Å². The second kappa shape index (κ2) is 7.79. The zero-order valence-corrected chi connectivity index (χ0v) is 14.0. The first-order valence-electron chi connectivity index (χ1n) is 7.62. The van der Waals surface area contributed by atoms with E-state index in [-0.39, 0.29) is 24.1 Å². The number of carbonyl (C=O) groups is 1. The van der Waals surface area contributed by atoms with Gasteiger partial charge in [-0.15, -0.1) is 0 Å². The number of hydrogen-bond donors (Lipinski definition) is 2. The van der Waals surface area contributed by atoms with Gasteiger partial charge in [0, 0.05) is 5.56 Å². The topological polar surface area (TPSA) is 112 Å². The minimum absolute atomic E-state index is 0.0550. The average Bonchev–Trinajstić information content (AvgIpc) is 3.10. The summed E-state index contributed by atoms with van der Waals surface area (Å²) in [5, 5.41) is 3.82. The van der Waals surface area contributed by atoms with E-state index in [2.05, 4.69) is 15.6 Å². The van der Waals surface area contributed by atoms with E-state index in [0.717, 1.165) is 12.1 Å². The molecule has 3 N–H and O–H groups in total. The maximum absolute atomic E-state index is 14.1. The summed E-state index contributed by atoms with van der Waals surface area (Å²) in [6.45, 7) is -0.288. The molecule has 3 rings (SSSR count). The largest absolute Gasteiger partial charge is 0.481 e. The predicted octanol–water partition coefficient (Wildman–Crippen LogP) is 2.67. The van der Waals surface area contributed by atoms with Crippen LogP contribution in [0.4, 0.5) is 14.5 Å². The Morgan fingerprint density at radius 2 is 2.11 bits per heavy atom. The van der Waals surface area contributed by atoms with Gasteiger partial charge in [-0.1, -0.05) is 17.3 Å². The molecule has 0 unspecified atom stereocenters. The van der Waals surface area contributed by atoms with Crippen molar-refractivity contribution in [3.8, 4) is 17.1 Å². The number of hydrogen-bond acceptors (Lipinski definition) is 7. The average molecular weight is 376 g/mol. The normalized spacial score (nSPS) is 10.6. The number of anilines is 1. The SMILES string of the molecule is CONc1cccc(-c2noc(COc3ccc(F)c(C(N)=O)c3F)n2)c1. The number of nitrogens with two attached hydrogens (primary N) is 1. The number of aromatic nitrogens is 2. The lowest BCUT2D eigenvalue weighted by atomic mass is 10.1. The van der Waals surface area contributed by atoms with Crippen LogP contribution in [0.5, 0.6) is 5.75 Å².